The first-order valence-corrected chi connectivity index (χ1v) is 6.11. The molecule has 1 fully saturated rings. The first-order valence-electron chi connectivity index (χ1n) is 4.53. The molecule has 15 heavy (non-hydrogen) atoms. The van der Waals surface area contributed by atoms with E-state index in [2.05, 4.69) is 42.2 Å². The van der Waals surface area contributed by atoms with Crippen LogP contribution in [0.1, 0.15) is 5.56 Å². The molecule has 0 aliphatic carbocycles. The van der Waals surface area contributed by atoms with Crippen molar-refractivity contribution in [2.24, 2.45) is 0 Å². The van der Waals surface area contributed by atoms with Crippen LogP contribution in [-0.2, 0) is 16.1 Å². The van der Waals surface area contributed by atoms with E-state index in [1.54, 1.807) is 6.20 Å². The molecule has 0 spiro atoms. The van der Waals surface area contributed by atoms with Gasteiger partial charge in [0.05, 0.1) is 13.2 Å². The summed E-state index contributed by atoms with van der Waals surface area (Å²) in [6.07, 6.45) is 1.42. The van der Waals surface area contributed by atoms with Gasteiger partial charge >= 0.3 is 0 Å². The number of hydrogen-bond acceptors (Lipinski definition) is 4. The Morgan fingerprint density at radius 3 is 3.13 bits per heavy atom. The van der Waals surface area contributed by atoms with E-state index in [-0.39, 0.29) is 6.41 Å². The fourth-order valence-electron chi connectivity index (χ4n) is 1.24. The summed E-state index contributed by atoms with van der Waals surface area (Å²) in [6, 6.07) is 1.88. The van der Waals surface area contributed by atoms with Gasteiger partial charge in [-0.2, -0.15) is 0 Å². The highest BCUT2D eigenvalue weighted by Crippen LogP contribution is 2.24. The number of rotatable bonds is 3. The molecule has 1 aliphatic heterocycles. The average Bonchev–Trinajstić information content (AvgIpc) is 2.70. The number of halogens is 2. The van der Waals surface area contributed by atoms with E-state index >= 15 is 0 Å². The smallest absolute Gasteiger partial charge is 0.216 e. The number of nitrogens with zero attached hydrogens (tertiary/aromatic N) is 1. The molecule has 82 valence electrons. The fourth-order valence-corrected chi connectivity index (χ4v) is 2.37. The predicted octanol–water partition coefficient (Wildman–Crippen LogP) is 2.03. The standard InChI is InChI=1S/C9H10Br2N2O2/c10-7-1-2-12-8(11)6(7)5-15-9-13-3-4-14-9/h1-2,9,13H,3-5H2. The molecule has 0 saturated carbocycles. The van der Waals surface area contributed by atoms with E-state index in [9.17, 15) is 0 Å². The van der Waals surface area contributed by atoms with Gasteiger partial charge in [0.1, 0.15) is 4.60 Å². The summed E-state index contributed by atoms with van der Waals surface area (Å²) >= 11 is 6.82. The number of hydrogen-bond donors (Lipinski definition) is 1. The van der Waals surface area contributed by atoms with Crippen molar-refractivity contribution in [1.29, 1.82) is 0 Å². The Hall–Kier alpha value is -0.0100. The SMILES string of the molecule is Brc1ccnc(Br)c1COC1NCCO1. The number of pyridine rings is 1. The maximum Gasteiger partial charge on any atom is 0.216 e. The highest BCUT2D eigenvalue weighted by molar-refractivity contribution is 9.11. The van der Waals surface area contributed by atoms with Crippen molar-refractivity contribution in [2.45, 2.75) is 13.0 Å². The van der Waals surface area contributed by atoms with Crippen LogP contribution >= 0.6 is 31.9 Å². The Balaban J connectivity index is 1.97. The van der Waals surface area contributed by atoms with Crippen LogP contribution in [0.5, 0.6) is 0 Å². The van der Waals surface area contributed by atoms with E-state index in [1.807, 2.05) is 6.07 Å². The third-order valence-corrected chi connectivity index (χ3v) is 3.43. The van der Waals surface area contributed by atoms with Crippen LogP contribution in [0.15, 0.2) is 21.3 Å². The van der Waals surface area contributed by atoms with E-state index in [0.29, 0.717) is 13.2 Å². The molecule has 1 saturated heterocycles. The van der Waals surface area contributed by atoms with Gasteiger partial charge in [-0.3, -0.25) is 5.32 Å². The highest BCUT2D eigenvalue weighted by atomic mass is 79.9. The summed E-state index contributed by atoms with van der Waals surface area (Å²) in [5.41, 5.74) is 0.981. The van der Waals surface area contributed by atoms with Gasteiger partial charge in [-0.25, -0.2) is 4.98 Å². The lowest BCUT2D eigenvalue weighted by molar-refractivity contribution is -0.130. The molecule has 6 heteroatoms. The van der Waals surface area contributed by atoms with Gasteiger partial charge in [-0.1, -0.05) is 15.9 Å². The quantitative estimate of drug-likeness (QED) is 0.857. The highest BCUT2D eigenvalue weighted by Gasteiger charge is 2.16. The first kappa shape index (κ1) is 11.5. The topological polar surface area (TPSA) is 43.4 Å². The Morgan fingerprint density at radius 1 is 1.60 bits per heavy atom. The van der Waals surface area contributed by atoms with Crippen LogP contribution in [0.25, 0.3) is 0 Å². The Labute approximate surface area is 105 Å². The first-order chi connectivity index (χ1) is 7.27. The summed E-state index contributed by atoms with van der Waals surface area (Å²) < 4.78 is 12.5. The van der Waals surface area contributed by atoms with Crippen LogP contribution in [0.3, 0.4) is 0 Å². The molecule has 0 bridgehead atoms. The summed E-state index contributed by atoms with van der Waals surface area (Å²) in [5, 5.41) is 3.07. The third kappa shape index (κ3) is 2.98. The molecule has 2 heterocycles. The largest absolute Gasteiger partial charge is 0.338 e. The van der Waals surface area contributed by atoms with Crippen molar-refractivity contribution < 1.29 is 9.47 Å². The summed E-state index contributed by atoms with van der Waals surface area (Å²) in [5.74, 6) is 0. The van der Waals surface area contributed by atoms with Crippen LogP contribution in [-0.4, -0.2) is 24.5 Å². The van der Waals surface area contributed by atoms with E-state index in [0.717, 1.165) is 21.2 Å². The minimum absolute atomic E-state index is 0.302. The lowest BCUT2D eigenvalue weighted by Gasteiger charge is -2.12. The second kappa shape index (κ2) is 5.36. The zero-order chi connectivity index (χ0) is 10.7. The van der Waals surface area contributed by atoms with Gasteiger partial charge in [-0.05, 0) is 22.0 Å². The van der Waals surface area contributed by atoms with Crippen LogP contribution in [0, 0.1) is 0 Å². The molecule has 2 rings (SSSR count). The summed E-state index contributed by atoms with van der Waals surface area (Å²) in [7, 11) is 0. The second-order valence-electron chi connectivity index (χ2n) is 3.03. The third-order valence-electron chi connectivity index (χ3n) is 2.01. The minimum atomic E-state index is -0.302. The van der Waals surface area contributed by atoms with Gasteiger partial charge in [0.25, 0.3) is 0 Å². The van der Waals surface area contributed by atoms with Gasteiger partial charge < -0.3 is 9.47 Å². The van der Waals surface area contributed by atoms with Crippen molar-refractivity contribution in [3.05, 3.63) is 26.9 Å². The molecule has 1 aromatic rings. The van der Waals surface area contributed by atoms with Crippen LogP contribution in [0.2, 0.25) is 0 Å². The summed E-state index contributed by atoms with van der Waals surface area (Å²) in [4.78, 5) is 4.13. The van der Waals surface area contributed by atoms with Crippen molar-refractivity contribution in [3.8, 4) is 0 Å². The van der Waals surface area contributed by atoms with Gasteiger partial charge in [-0.15, -0.1) is 0 Å². The Morgan fingerprint density at radius 2 is 2.47 bits per heavy atom. The molecular formula is C9H10Br2N2O2. The van der Waals surface area contributed by atoms with Gasteiger partial charge in [0.2, 0.25) is 6.41 Å². The number of ether oxygens (including phenoxy) is 2. The van der Waals surface area contributed by atoms with Gasteiger partial charge in [0.15, 0.2) is 0 Å². The molecule has 0 aromatic carbocycles. The van der Waals surface area contributed by atoms with Crippen molar-refractivity contribution >= 4 is 31.9 Å². The lowest BCUT2D eigenvalue weighted by atomic mass is 10.3. The van der Waals surface area contributed by atoms with E-state index in [1.165, 1.54) is 0 Å². The molecule has 1 atom stereocenters. The lowest BCUT2D eigenvalue weighted by Crippen LogP contribution is -2.25. The number of nitrogens with one attached hydrogen (secondary N) is 1. The fraction of sp³-hybridized carbons (Fsp3) is 0.444. The molecule has 0 amide bonds. The predicted molar refractivity (Wildman–Crippen MR) is 62.2 cm³/mol. The maximum atomic E-state index is 5.52. The van der Waals surface area contributed by atoms with Crippen molar-refractivity contribution in [2.75, 3.05) is 13.2 Å². The molecule has 0 radical (unpaired) electrons. The monoisotopic (exact) mass is 336 g/mol. The van der Waals surface area contributed by atoms with Crippen molar-refractivity contribution in [1.82, 2.24) is 10.3 Å². The van der Waals surface area contributed by atoms with Crippen LogP contribution in [0.4, 0.5) is 0 Å². The van der Waals surface area contributed by atoms with Crippen molar-refractivity contribution in [3.63, 3.8) is 0 Å². The molecule has 1 N–H and O–H groups in total. The molecule has 1 unspecified atom stereocenters. The Kier molecular flexibility index (Phi) is 4.10. The zero-order valence-corrected chi connectivity index (χ0v) is 11.0. The van der Waals surface area contributed by atoms with Crippen LogP contribution < -0.4 is 5.32 Å². The zero-order valence-electron chi connectivity index (χ0n) is 7.87. The van der Waals surface area contributed by atoms with E-state index < -0.39 is 0 Å². The molecule has 1 aromatic heterocycles. The van der Waals surface area contributed by atoms with E-state index in [4.69, 9.17) is 9.47 Å². The molecule has 1 aliphatic rings. The maximum absolute atomic E-state index is 5.52. The molecule has 4 nitrogen and oxygen atoms in total. The minimum Gasteiger partial charge on any atom is -0.338 e. The Bertz CT molecular complexity index is 323. The number of aromatic nitrogens is 1. The average molecular weight is 338 g/mol. The summed E-state index contributed by atoms with van der Waals surface area (Å²) in [6.45, 7) is 1.98. The van der Waals surface area contributed by atoms with Gasteiger partial charge in [0, 0.05) is 22.8 Å². The molecular weight excluding hydrogens is 328 g/mol. The second-order valence-corrected chi connectivity index (χ2v) is 4.64. The normalized spacial score (nSPS) is 20.8.